The Morgan fingerprint density at radius 2 is 2.29 bits per heavy atom. The summed E-state index contributed by atoms with van der Waals surface area (Å²) in [5.74, 6) is -0.172. The number of halogens is 1. The van der Waals surface area contributed by atoms with Crippen molar-refractivity contribution < 1.29 is 4.39 Å². The minimum Gasteiger partial charge on any atom is -0.312 e. The predicted molar refractivity (Wildman–Crippen MR) is 73.0 cm³/mol. The van der Waals surface area contributed by atoms with Gasteiger partial charge in [0.25, 0.3) is 0 Å². The van der Waals surface area contributed by atoms with Crippen molar-refractivity contribution in [3.05, 3.63) is 47.6 Å². The maximum absolute atomic E-state index is 13.1. The molecule has 0 aliphatic heterocycles. The number of allylic oxidation sites excluding steroid dienone is 1. The smallest absolute Gasteiger partial charge is 0.123 e. The van der Waals surface area contributed by atoms with Crippen molar-refractivity contribution in [3.63, 3.8) is 0 Å². The molecule has 0 aliphatic carbocycles. The first-order chi connectivity index (χ1) is 8.24. The second-order valence-electron chi connectivity index (χ2n) is 4.04. The van der Waals surface area contributed by atoms with Gasteiger partial charge in [-0.2, -0.15) is 0 Å². The molecule has 1 heterocycles. The van der Waals surface area contributed by atoms with Crippen molar-refractivity contribution in [1.29, 1.82) is 0 Å². The number of hydrogen-bond acceptors (Lipinski definition) is 2. The average Bonchev–Trinajstić information content (AvgIpc) is 2.72. The van der Waals surface area contributed by atoms with Gasteiger partial charge in [-0.25, -0.2) is 4.39 Å². The molecular formula is C14H16FNS. The maximum Gasteiger partial charge on any atom is 0.123 e. The predicted octanol–water partition coefficient (Wildman–Crippen LogP) is 4.27. The zero-order chi connectivity index (χ0) is 12.3. The first kappa shape index (κ1) is 12.3. The van der Waals surface area contributed by atoms with Gasteiger partial charge < -0.3 is 5.32 Å². The molecule has 90 valence electrons. The fourth-order valence-corrected chi connectivity index (χ4v) is 3.11. The summed E-state index contributed by atoms with van der Waals surface area (Å²) in [5.41, 5.74) is 0. The van der Waals surface area contributed by atoms with E-state index in [9.17, 15) is 4.39 Å². The highest BCUT2D eigenvalue weighted by molar-refractivity contribution is 7.19. The lowest BCUT2D eigenvalue weighted by molar-refractivity contribution is 0.564. The van der Waals surface area contributed by atoms with E-state index in [1.54, 1.807) is 17.4 Å². The summed E-state index contributed by atoms with van der Waals surface area (Å²) in [7, 11) is 1.96. The Balaban J connectivity index is 2.30. The second-order valence-corrected chi connectivity index (χ2v) is 5.15. The third-order valence-corrected chi connectivity index (χ3v) is 4.08. The quantitative estimate of drug-likeness (QED) is 0.780. The van der Waals surface area contributed by atoms with Crippen LogP contribution in [0.4, 0.5) is 4.39 Å². The Kier molecular flexibility index (Phi) is 3.92. The molecule has 2 rings (SSSR count). The summed E-state index contributed by atoms with van der Waals surface area (Å²) in [4.78, 5) is 1.26. The number of fused-ring (bicyclic) bond motifs is 1. The Labute approximate surface area is 105 Å². The molecule has 1 aromatic heterocycles. The second kappa shape index (κ2) is 5.43. The van der Waals surface area contributed by atoms with E-state index in [1.165, 1.54) is 10.9 Å². The standard InChI is InChI=1S/C14H16FNS/c1-3-4-5-12(16-2)14-9-10-8-11(15)6-7-13(10)17-14/h3,6-9,12,16H,1,4-5H2,2H3. The molecule has 0 aliphatic rings. The van der Waals surface area contributed by atoms with Crippen molar-refractivity contribution in [3.8, 4) is 0 Å². The van der Waals surface area contributed by atoms with Crippen LogP contribution in [-0.2, 0) is 0 Å². The molecule has 0 fully saturated rings. The SMILES string of the molecule is C=CCCC(NC)c1cc2cc(F)ccc2s1. The molecule has 0 amide bonds. The van der Waals surface area contributed by atoms with Gasteiger partial charge >= 0.3 is 0 Å². The third-order valence-electron chi connectivity index (χ3n) is 2.85. The monoisotopic (exact) mass is 249 g/mol. The van der Waals surface area contributed by atoms with Crippen molar-refractivity contribution in [1.82, 2.24) is 5.32 Å². The van der Waals surface area contributed by atoms with Crippen molar-refractivity contribution in [2.24, 2.45) is 0 Å². The van der Waals surface area contributed by atoms with Crippen LogP contribution < -0.4 is 5.32 Å². The first-order valence-electron chi connectivity index (χ1n) is 5.71. The van der Waals surface area contributed by atoms with Crippen LogP contribution in [0.2, 0.25) is 0 Å². The van der Waals surface area contributed by atoms with E-state index in [-0.39, 0.29) is 5.82 Å². The van der Waals surface area contributed by atoms with Gasteiger partial charge in [0.05, 0.1) is 0 Å². The molecular weight excluding hydrogens is 233 g/mol. The molecule has 0 saturated heterocycles. The number of nitrogens with one attached hydrogen (secondary N) is 1. The number of hydrogen-bond donors (Lipinski definition) is 1. The maximum atomic E-state index is 13.1. The van der Waals surface area contributed by atoms with Crippen LogP contribution in [0.1, 0.15) is 23.8 Å². The van der Waals surface area contributed by atoms with Gasteiger partial charge in [0.1, 0.15) is 5.82 Å². The van der Waals surface area contributed by atoms with Crippen LogP contribution >= 0.6 is 11.3 Å². The summed E-state index contributed by atoms with van der Waals surface area (Å²) in [6.07, 6.45) is 3.93. The average molecular weight is 249 g/mol. The zero-order valence-corrected chi connectivity index (χ0v) is 10.7. The van der Waals surface area contributed by atoms with Gasteiger partial charge in [0, 0.05) is 15.6 Å². The van der Waals surface area contributed by atoms with Crippen molar-refractivity contribution in [2.75, 3.05) is 7.05 Å². The number of thiophene rings is 1. The van der Waals surface area contributed by atoms with Crippen LogP contribution in [0.3, 0.4) is 0 Å². The van der Waals surface area contributed by atoms with Crippen molar-refractivity contribution >= 4 is 21.4 Å². The van der Waals surface area contributed by atoms with Crippen LogP contribution in [0.15, 0.2) is 36.9 Å². The highest BCUT2D eigenvalue weighted by Crippen LogP contribution is 2.32. The Hall–Kier alpha value is -1.19. The number of benzene rings is 1. The third kappa shape index (κ3) is 2.73. The molecule has 17 heavy (non-hydrogen) atoms. The zero-order valence-electron chi connectivity index (χ0n) is 9.87. The lowest BCUT2D eigenvalue weighted by Gasteiger charge is -2.12. The van der Waals surface area contributed by atoms with Crippen molar-refractivity contribution in [2.45, 2.75) is 18.9 Å². The molecule has 1 unspecified atom stereocenters. The Morgan fingerprint density at radius 1 is 1.47 bits per heavy atom. The highest BCUT2D eigenvalue weighted by Gasteiger charge is 2.12. The van der Waals surface area contributed by atoms with Crippen LogP contribution in [0.5, 0.6) is 0 Å². The molecule has 1 N–H and O–H groups in total. The normalized spacial score (nSPS) is 12.8. The van der Waals surface area contributed by atoms with Gasteiger partial charge in [-0.1, -0.05) is 6.08 Å². The molecule has 2 aromatic rings. The van der Waals surface area contributed by atoms with Crippen LogP contribution in [0, 0.1) is 5.82 Å². The van der Waals surface area contributed by atoms with E-state index in [1.807, 2.05) is 19.2 Å². The van der Waals surface area contributed by atoms with E-state index in [4.69, 9.17) is 0 Å². The van der Waals surface area contributed by atoms with Crippen LogP contribution in [0.25, 0.3) is 10.1 Å². The fourth-order valence-electron chi connectivity index (χ4n) is 1.92. The van der Waals surface area contributed by atoms with Gasteiger partial charge in [-0.05, 0) is 49.5 Å². The van der Waals surface area contributed by atoms with Crippen LogP contribution in [-0.4, -0.2) is 7.05 Å². The minimum absolute atomic E-state index is 0.172. The molecule has 1 nitrogen and oxygen atoms in total. The fraction of sp³-hybridized carbons (Fsp3) is 0.286. The molecule has 3 heteroatoms. The summed E-state index contributed by atoms with van der Waals surface area (Å²) in [5, 5.41) is 4.29. The van der Waals surface area contributed by atoms with Gasteiger partial charge in [-0.15, -0.1) is 17.9 Å². The topological polar surface area (TPSA) is 12.0 Å². The molecule has 0 radical (unpaired) electrons. The lowest BCUT2D eigenvalue weighted by atomic mass is 10.1. The highest BCUT2D eigenvalue weighted by atomic mass is 32.1. The van der Waals surface area contributed by atoms with E-state index >= 15 is 0 Å². The molecule has 1 atom stereocenters. The summed E-state index contributed by atoms with van der Waals surface area (Å²) in [6, 6.07) is 7.36. The lowest BCUT2D eigenvalue weighted by Crippen LogP contribution is -2.14. The number of rotatable bonds is 5. The Morgan fingerprint density at radius 3 is 3.00 bits per heavy atom. The molecule has 0 spiro atoms. The van der Waals surface area contributed by atoms with Gasteiger partial charge in [-0.3, -0.25) is 0 Å². The van der Waals surface area contributed by atoms with E-state index < -0.39 is 0 Å². The first-order valence-corrected chi connectivity index (χ1v) is 6.53. The molecule has 1 aromatic carbocycles. The minimum atomic E-state index is -0.172. The van der Waals surface area contributed by atoms with Gasteiger partial charge in [0.2, 0.25) is 0 Å². The molecule has 0 saturated carbocycles. The van der Waals surface area contributed by atoms with E-state index in [0.29, 0.717) is 6.04 Å². The summed E-state index contributed by atoms with van der Waals surface area (Å²) >= 11 is 1.73. The largest absolute Gasteiger partial charge is 0.312 e. The van der Waals surface area contributed by atoms with E-state index in [0.717, 1.165) is 22.9 Å². The van der Waals surface area contributed by atoms with Gasteiger partial charge in [0.15, 0.2) is 0 Å². The summed E-state index contributed by atoms with van der Waals surface area (Å²) < 4.78 is 14.2. The van der Waals surface area contributed by atoms with E-state index in [2.05, 4.69) is 18.0 Å². The summed E-state index contributed by atoms with van der Waals surface area (Å²) in [6.45, 7) is 3.74. The Bertz CT molecular complexity index is 518. The molecule has 0 bridgehead atoms.